The molecule has 0 saturated heterocycles. The van der Waals surface area contributed by atoms with Crippen LogP contribution in [0.2, 0.25) is 0 Å². The molecule has 1 aromatic carbocycles. The Labute approximate surface area is 244 Å². The van der Waals surface area contributed by atoms with Crippen LogP contribution < -0.4 is 0 Å². The van der Waals surface area contributed by atoms with Crippen molar-refractivity contribution >= 4 is 11.9 Å². The van der Waals surface area contributed by atoms with Crippen LogP contribution >= 0.6 is 0 Å². The molecule has 0 fully saturated rings. The SMILES string of the molecule is CC.CC.CCCC(OC(=O)C(C)(C)c1ccccc1)C(C)C.CCCCCC(C)(C)C(=O)OC(C)C(C)C. The van der Waals surface area contributed by atoms with Crippen LogP contribution in [0.4, 0.5) is 0 Å². The molecule has 39 heavy (non-hydrogen) atoms. The molecular formula is C35H66O4. The lowest BCUT2D eigenvalue weighted by molar-refractivity contribution is -0.161. The van der Waals surface area contributed by atoms with Crippen LogP contribution in [0.5, 0.6) is 0 Å². The summed E-state index contributed by atoms with van der Waals surface area (Å²) in [5.74, 6) is 0.557. The molecular weight excluding hydrogens is 484 g/mol. The van der Waals surface area contributed by atoms with Gasteiger partial charge in [0.1, 0.15) is 12.2 Å². The lowest BCUT2D eigenvalue weighted by Gasteiger charge is -2.28. The van der Waals surface area contributed by atoms with E-state index in [1.165, 1.54) is 12.8 Å². The summed E-state index contributed by atoms with van der Waals surface area (Å²) in [6.07, 6.45) is 6.39. The normalized spacial score (nSPS) is 12.5. The molecule has 4 heteroatoms. The van der Waals surface area contributed by atoms with Crippen LogP contribution in [0.25, 0.3) is 0 Å². The molecule has 2 unspecified atom stereocenters. The third kappa shape index (κ3) is 17.5. The summed E-state index contributed by atoms with van der Waals surface area (Å²) in [6.45, 7) is 30.4. The van der Waals surface area contributed by atoms with Gasteiger partial charge in [-0.2, -0.15) is 0 Å². The number of carbonyl (C=O) groups is 2. The second-order valence-electron chi connectivity index (χ2n) is 11.7. The van der Waals surface area contributed by atoms with Crippen molar-refractivity contribution in [1.82, 2.24) is 0 Å². The van der Waals surface area contributed by atoms with Crippen LogP contribution in [0.15, 0.2) is 30.3 Å². The molecule has 1 aromatic rings. The maximum atomic E-state index is 12.4. The van der Waals surface area contributed by atoms with Gasteiger partial charge in [-0.15, -0.1) is 0 Å². The molecule has 0 aromatic heterocycles. The van der Waals surface area contributed by atoms with Gasteiger partial charge in [0.2, 0.25) is 0 Å². The molecule has 230 valence electrons. The molecule has 0 aliphatic carbocycles. The molecule has 1 rings (SSSR count). The van der Waals surface area contributed by atoms with E-state index < -0.39 is 5.41 Å². The van der Waals surface area contributed by atoms with E-state index in [1.54, 1.807) is 0 Å². The van der Waals surface area contributed by atoms with Gasteiger partial charge in [-0.1, -0.05) is 125 Å². The minimum atomic E-state index is -0.595. The summed E-state index contributed by atoms with van der Waals surface area (Å²) in [7, 11) is 0. The van der Waals surface area contributed by atoms with Crippen LogP contribution in [-0.4, -0.2) is 24.1 Å². The van der Waals surface area contributed by atoms with E-state index in [2.05, 4.69) is 41.5 Å². The van der Waals surface area contributed by atoms with E-state index in [-0.39, 0.29) is 29.6 Å². The van der Waals surface area contributed by atoms with Crippen molar-refractivity contribution in [1.29, 1.82) is 0 Å². The summed E-state index contributed by atoms with van der Waals surface area (Å²) in [5.41, 5.74) is 0.0690. The summed E-state index contributed by atoms with van der Waals surface area (Å²) in [5, 5.41) is 0. The second kappa shape index (κ2) is 22.9. The number of benzene rings is 1. The highest BCUT2D eigenvalue weighted by atomic mass is 16.5. The van der Waals surface area contributed by atoms with Crippen LogP contribution in [-0.2, 0) is 24.5 Å². The topological polar surface area (TPSA) is 52.6 Å². The lowest BCUT2D eigenvalue weighted by Crippen LogP contribution is -2.35. The molecule has 0 aliphatic heterocycles. The van der Waals surface area contributed by atoms with Crippen molar-refractivity contribution < 1.29 is 19.1 Å². The first-order valence-electron chi connectivity index (χ1n) is 15.7. The molecule has 0 spiro atoms. The van der Waals surface area contributed by atoms with Crippen molar-refractivity contribution in [3.63, 3.8) is 0 Å². The Hall–Kier alpha value is -1.84. The number of esters is 2. The van der Waals surface area contributed by atoms with Gasteiger partial charge >= 0.3 is 11.9 Å². The fourth-order valence-electron chi connectivity index (χ4n) is 3.45. The molecule has 0 radical (unpaired) electrons. The number of ether oxygens (including phenoxy) is 2. The zero-order chi connectivity index (χ0) is 31.2. The number of rotatable bonds is 13. The maximum Gasteiger partial charge on any atom is 0.316 e. The third-order valence-corrected chi connectivity index (χ3v) is 6.77. The molecule has 0 aliphatic rings. The number of carbonyl (C=O) groups excluding carboxylic acids is 2. The summed E-state index contributed by atoms with van der Waals surface area (Å²) >= 11 is 0. The predicted molar refractivity (Wildman–Crippen MR) is 170 cm³/mol. The van der Waals surface area contributed by atoms with E-state index in [9.17, 15) is 9.59 Å². The summed E-state index contributed by atoms with van der Waals surface area (Å²) < 4.78 is 11.2. The van der Waals surface area contributed by atoms with Crippen molar-refractivity contribution in [2.24, 2.45) is 17.3 Å². The number of hydrogen-bond acceptors (Lipinski definition) is 4. The van der Waals surface area contributed by atoms with Crippen LogP contribution in [0, 0.1) is 17.3 Å². The fraction of sp³-hybridized carbons (Fsp3) is 0.771. The second-order valence-corrected chi connectivity index (χ2v) is 11.7. The monoisotopic (exact) mass is 550 g/mol. The van der Waals surface area contributed by atoms with Gasteiger partial charge < -0.3 is 9.47 Å². The first-order valence-corrected chi connectivity index (χ1v) is 15.7. The largest absolute Gasteiger partial charge is 0.462 e. The minimum Gasteiger partial charge on any atom is -0.462 e. The van der Waals surface area contributed by atoms with E-state index in [0.717, 1.165) is 31.2 Å². The predicted octanol–water partition coefficient (Wildman–Crippen LogP) is 10.6. The van der Waals surface area contributed by atoms with Gasteiger partial charge in [-0.25, -0.2) is 0 Å². The van der Waals surface area contributed by atoms with Crippen molar-refractivity contribution in [3.05, 3.63) is 35.9 Å². The Balaban J connectivity index is -0.000000596. The van der Waals surface area contributed by atoms with Gasteiger partial charge in [0, 0.05) is 0 Å². The number of unbranched alkanes of at least 4 members (excludes halogenated alkanes) is 2. The van der Waals surface area contributed by atoms with Crippen molar-refractivity contribution in [3.8, 4) is 0 Å². The average molecular weight is 551 g/mol. The smallest absolute Gasteiger partial charge is 0.316 e. The van der Waals surface area contributed by atoms with Gasteiger partial charge in [0.05, 0.1) is 10.8 Å². The number of hydrogen-bond donors (Lipinski definition) is 0. The first-order chi connectivity index (χ1) is 18.2. The van der Waals surface area contributed by atoms with Crippen LogP contribution in [0.1, 0.15) is 148 Å². The molecule has 0 saturated carbocycles. The Morgan fingerprint density at radius 3 is 1.64 bits per heavy atom. The van der Waals surface area contributed by atoms with Gasteiger partial charge in [-0.05, 0) is 64.9 Å². The zero-order valence-electron chi connectivity index (χ0n) is 28.6. The highest BCUT2D eigenvalue weighted by Gasteiger charge is 2.33. The third-order valence-electron chi connectivity index (χ3n) is 6.77. The van der Waals surface area contributed by atoms with Crippen molar-refractivity contribution in [2.45, 2.75) is 160 Å². The first kappa shape index (κ1) is 41.6. The van der Waals surface area contributed by atoms with E-state index in [1.807, 2.05) is 92.6 Å². The highest BCUT2D eigenvalue weighted by molar-refractivity contribution is 5.82. The lowest BCUT2D eigenvalue weighted by atomic mass is 9.84. The Morgan fingerprint density at radius 1 is 0.718 bits per heavy atom. The fourth-order valence-corrected chi connectivity index (χ4v) is 3.45. The minimum absolute atomic E-state index is 0.0120. The average Bonchev–Trinajstić information content (AvgIpc) is 2.91. The van der Waals surface area contributed by atoms with Gasteiger partial charge in [0.15, 0.2) is 0 Å². The summed E-state index contributed by atoms with van der Waals surface area (Å²) in [4.78, 5) is 24.4. The van der Waals surface area contributed by atoms with E-state index in [4.69, 9.17) is 9.47 Å². The molecule has 0 amide bonds. The molecule has 4 nitrogen and oxygen atoms in total. The van der Waals surface area contributed by atoms with Gasteiger partial charge in [-0.3, -0.25) is 9.59 Å². The quantitative estimate of drug-likeness (QED) is 0.181. The molecule has 0 heterocycles. The standard InChI is InChI=1S/C17H26O2.C14H28O2.2C2H6/c1-6-10-15(13(2)3)19-16(18)17(4,5)14-11-8-7-9-12-14;1-7-8-9-10-14(5,6)13(15)16-12(4)11(2)3;2*1-2/h7-9,11-13,15H,6,10H2,1-5H3;11-12H,7-10H2,1-6H3;2*1-2H3. The Bertz CT molecular complexity index is 719. The van der Waals surface area contributed by atoms with Crippen molar-refractivity contribution in [2.75, 3.05) is 0 Å². The Kier molecular flexibility index (Phi) is 24.5. The maximum absolute atomic E-state index is 12.4. The van der Waals surface area contributed by atoms with Crippen LogP contribution in [0.3, 0.4) is 0 Å². The molecule has 0 N–H and O–H groups in total. The molecule has 0 bridgehead atoms. The van der Waals surface area contributed by atoms with E-state index in [0.29, 0.717) is 11.8 Å². The van der Waals surface area contributed by atoms with E-state index >= 15 is 0 Å². The Morgan fingerprint density at radius 2 is 1.23 bits per heavy atom. The van der Waals surface area contributed by atoms with Gasteiger partial charge in [0.25, 0.3) is 0 Å². The summed E-state index contributed by atoms with van der Waals surface area (Å²) in [6, 6.07) is 9.82. The highest BCUT2D eigenvalue weighted by Crippen LogP contribution is 2.28. The molecule has 2 atom stereocenters. The zero-order valence-corrected chi connectivity index (χ0v) is 28.6.